The van der Waals surface area contributed by atoms with Crippen molar-refractivity contribution < 1.29 is 0 Å². The van der Waals surface area contributed by atoms with Gasteiger partial charge in [-0.1, -0.05) is 72.8 Å². The van der Waals surface area contributed by atoms with Gasteiger partial charge in [-0.2, -0.15) is 0 Å². The van der Waals surface area contributed by atoms with Crippen molar-refractivity contribution in [3.05, 3.63) is 152 Å². The predicted octanol–water partition coefficient (Wildman–Crippen LogP) is 11.6. The lowest BCUT2D eigenvalue weighted by Crippen LogP contribution is -1.96. The summed E-state index contributed by atoms with van der Waals surface area (Å²) in [5, 5.41) is 7.11. The molecule has 0 aliphatic heterocycles. The molecule has 0 spiro atoms. The molecular formula is C44H25N5S. The van der Waals surface area contributed by atoms with Crippen LogP contribution in [0.5, 0.6) is 0 Å². The normalized spacial score (nSPS) is 12.4. The molecule has 0 aliphatic rings. The lowest BCUT2D eigenvalue weighted by molar-refractivity contribution is 1.19. The Morgan fingerprint density at radius 3 is 1.76 bits per heavy atom. The highest BCUT2D eigenvalue weighted by molar-refractivity contribution is 7.25. The van der Waals surface area contributed by atoms with Crippen molar-refractivity contribution >= 4 is 108 Å². The topological polar surface area (TPSA) is 39.5 Å². The molecule has 6 heteroatoms. The first-order valence-electron chi connectivity index (χ1n) is 16.9. The number of rotatable bonds is 1. The molecule has 0 saturated carbocycles. The van der Waals surface area contributed by atoms with E-state index in [0.717, 1.165) is 71.9 Å². The molecule has 5 aromatic heterocycles. The van der Waals surface area contributed by atoms with E-state index in [1.807, 2.05) is 11.3 Å². The number of thiophene rings is 1. The zero-order valence-electron chi connectivity index (χ0n) is 26.6. The fraction of sp³-hybridized carbons (Fsp3) is 0. The van der Waals surface area contributed by atoms with Crippen LogP contribution in [0.2, 0.25) is 0 Å². The third-order valence-corrected chi connectivity index (χ3v) is 11.6. The van der Waals surface area contributed by atoms with Gasteiger partial charge in [0.05, 0.1) is 49.5 Å². The zero-order valence-corrected chi connectivity index (χ0v) is 27.4. The quantitative estimate of drug-likeness (QED) is 0.177. The first-order valence-corrected chi connectivity index (χ1v) is 17.7. The van der Waals surface area contributed by atoms with E-state index in [0.29, 0.717) is 0 Å². The number of imidazole rings is 2. The van der Waals surface area contributed by atoms with Crippen molar-refractivity contribution in [3.63, 3.8) is 0 Å². The molecule has 5 nitrogen and oxygen atoms in total. The van der Waals surface area contributed by atoms with Crippen LogP contribution < -0.4 is 0 Å². The minimum atomic E-state index is 0.921. The fourth-order valence-electron chi connectivity index (χ4n) is 8.34. The molecule has 0 atom stereocenters. The van der Waals surface area contributed by atoms with Crippen LogP contribution in [0.25, 0.3) is 103 Å². The largest absolute Gasteiger partial charge is 0.309 e. The smallest absolute Gasteiger partial charge is 0.148 e. The molecule has 0 fully saturated rings. The van der Waals surface area contributed by atoms with Gasteiger partial charge < -0.3 is 4.57 Å². The second-order valence-electron chi connectivity index (χ2n) is 13.0. The summed E-state index contributed by atoms with van der Waals surface area (Å²) in [6.45, 7) is 0. The molecule has 0 unspecified atom stereocenters. The van der Waals surface area contributed by atoms with Crippen molar-refractivity contribution in [2.45, 2.75) is 0 Å². The molecular weight excluding hydrogens is 631 g/mol. The average molecular weight is 656 g/mol. The summed E-state index contributed by atoms with van der Waals surface area (Å²) in [5.41, 5.74) is 11.5. The Kier molecular flexibility index (Phi) is 5.06. The molecule has 0 N–H and O–H groups in total. The van der Waals surface area contributed by atoms with Gasteiger partial charge in [0.1, 0.15) is 11.3 Å². The van der Waals surface area contributed by atoms with Crippen molar-refractivity contribution in [3.8, 4) is 5.69 Å². The Labute approximate surface area is 288 Å². The summed E-state index contributed by atoms with van der Waals surface area (Å²) in [7, 11) is 0. The molecule has 232 valence electrons. The van der Waals surface area contributed by atoms with Crippen LogP contribution in [0.15, 0.2) is 152 Å². The fourth-order valence-corrected chi connectivity index (χ4v) is 9.43. The highest BCUT2D eigenvalue weighted by atomic mass is 32.1. The maximum Gasteiger partial charge on any atom is 0.148 e. The number of hydrogen-bond donors (Lipinski definition) is 0. The summed E-state index contributed by atoms with van der Waals surface area (Å²) in [4.78, 5) is 10.8. The number of para-hydroxylation sites is 6. The number of aromatic nitrogens is 5. The zero-order chi connectivity index (χ0) is 32.5. The summed E-state index contributed by atoms with van der Waals surface area (Å²) < 4.78 is 9.74. The number of fused-ring (bicyclic) bond motifs is 19. The van der Waals surface area contributed by atoms with E-state index in [4.69, 9.17) is 9.97 Å². The van der Waals surface area contributed by atoms with E-state index >= 15 is 0 Å². The summed E-state index contributed by atoms with van der Waals surface area (Å²) in [5.74, 6) is 0. The van der Waals surface area contributed by atoms with Crippen molar-refractivity contribution in [1.82, 2.24) is 23.3 Å². The molecule has 0 amide bonds. The molecule has 12 rings (SSSR count). The van der Waals surface area contributed by atoms with E-state index in [2.05, 4.69) is 165 Å². The van der Waals surface area contributed by atoms with E-state index in [9.17, 15) is 0 Å². The molecule has 5 heterocycles. The number of hydrogen-bond acceptors (Lipinski definition) is 3. The maximum absolute atomic E-state index is 5.46. The number of nitrogens with zero attached hydrogens (tertiary/aromatic N) is 5. The van der Waals surface area contributed by atoms with Gasteiger partial charge in [-0.25, -0.2) is 9.97 Å². The number of benzene rings is 7. The van der Waals surface area contributed by atoms with Crippen LogP contribution >= 0.6 is 11.3 Å². The van der Waals surface area contributed by atoms with Crippen LogP contribution in [0.1, 0.15) is 0 Å². The van der Waals surface area contributed by atoms with Gasteiger partial charge in [0.25, 0.3) is 0 Å². The Morgan fingerprint density at radius 1 is 0.380 bits per heavy atom. The Balaban J connectivity index is 1.37. The third kappa shape index (κ3) is 3.35. The van der Waals surface area contributed by atoms with Gasteiger partial charge in [-0.05, 0) is 78.9 Å². The molecule has 7 aromatic carbocycles. The maximum atomic E-state index is 5.46. The van der Waals surface area contributed by atoms with Gasteiger partial charge in [-0.15, -0.1) is 11.3 Å². The summed E-state index contributed by atoms with van der Waals surface area (Å²) >= 11 is 1.85. The molecule has 0 aliphatic carbocycles. The second-order valence-corrected chi connectivity index (χ2v) is 14.1. The molecule has 0 saturated heterocycles. The van der Waals surface area contributed by atoms with Crippen molar-refractivity contribution in [2.24, 2.45) is 0 Å². The van der Waals surface area contributed by atoms with Gasteiger partial charge in [0, 0.05) is 42.0 Å². The second kappa shape index (κ2) is 9.56. The van der Waals surface area contributed by atoms with Crippen LogP contribution in [0.4, 0.5) is 0 Å². The third-order valence-electron chi connectivity index (χ3n) is 10.4. The lowest BCUT2D eigenvalue weighted by Gasteiger charge is -2.11. The SMILES string of the molecule is c1ccc2c(c1)nc1c3ccccc3n3c4ccccc4nc3c3c4c5ccccc5n(-c5ccc6sc7ccccc7c6c5)c4ccc3n21. The average Bonchev–Trinajstić information content (AvgIpc) is 3.92. The van der Waals surface area contributed by atoms with Crippen LogP contribution in [-0.4, -0.2) is 23.3 Å². The van der Waals surface area contributed by atoms with Crippen LogP contribution in [0, 0.1) is 0 Å². The van der Waals surface area contributed by atoms with Gasteiger partial charge >= 0.3 is 0 Å². The van der Waals surface area contributed by atoms with Crippen molar-refractivity contribution in [1.29, 1.82) is 0 Å². The van der Waals surface area contributed by atoms with E-state index in [-0.39, 0.29) is 0 Å². The molecule has 50 heavy (non-hydrogen) atoms. The summed E-state index contributed by atoms with van der Waals surface area (Å²) in [6.07, 6.45) is 0. The minimum absolute atomic E-state index is 0.921. The van der Waals surface area contributed by atoms with E-state index in [1.165, 1.54) is 30.9 Å². The Bertz CT molecular complexity index is 3440. The molecule has 0 radical (unpaired) electrons. The standard InChI is InChI=1S/C44H25N5S/c1-6-16-33-28(12-1)41-37(47(33)26-21-24-40-30(25-26)27-11-3-10-20-39(27)50-40)22-23-38-42(41)44-46-32-15-5-8-18-35(32)48(44)34-17-7-2-13-29(34)43-45-31-14-4-9-19-36(31)49(38)43/h1-25H. The molecule has 12 aromatic rings. The highest BCUT2D eigenvalue weighted by Gasteiger charge is 2.21. The van der Waals surface area contributed by atoms with E-state index < -0.39 is 0 Å². The Morgan fingerprint density at radius 2 is 0.960 bits per heavy atom. The van der Waals surface area contributed by atoms with Crippen LogP contribution in [-0.2, 0) is 0 Å². The van der Waals surface area contributed by atoms with Crippen LogP contribution in [0.3, 0.4) is 0 Å². The van der Waals surface area contributed by atoms with E-state index in [1.54, 1.807) is 0 Å². The van der Waals surface area contributed by atoms with Crippen molar-refractivity contribution in [2.75, 3.05) is 0 Å². The first-order chi connectivity index (χ1) is 24.8. The van der Waals surface area contributed by atoms with Gasteiger partial charge in [0.15, 0.2) is 0 Å². The summed E-state index contributed by atoms with van der Waals surface area (Å²) in [6, 6.07) is 54.6. The molecule has 0 bridgehead atoms. The first kappa shape index (κ1) is 26.5. The Hall–Kier alpha value is -6.50. The van der Waals surface area contributed by atoms with Gasteiger partial charge in [0.2, 0.25) is 0 Å². The predicted molar refractivity (Wildman–Crippen MR) is 210 cm³/mol. The highest BCUT2D eigenvalue weighted by Crippen LogP contribution is 2.42. The van der Waals surface area contributed by atoms with Gasteiger partial charge in [-0.3, -0.25) is 8.80 Å². The minimum Gasteiger partial charge on any atom is -0.309 e. The monoisotopic (exact) mass is 655 g/mol. The lowest BCUT2D eigenvalue weighted by atomic mass is 10.1.